The van der Waals surface area contributed by atoms with Gasteiger partial charge in [0, 0.05) is 58.2 Å². The molecule has 4 atom stereocenters. The van der Waals surface area contributed by atoms with Crippen LogP contribution in [0.15, 0.2) is 210 Å². The monoisotopic (exact) mass is 783 g/mol. The van der Waals surface area contributed by atoms with Gasteiger partial charge in [0.25, 0.3) is 0 Å². The van der Waals surface area contributed by atoms with Gasteiger partial charge >= 0.3 is 0 Å². The Morgan fingerprint density at radius 3 is 2.60 bits per heavy atom. The minimum Gasteiger partial charge on any atom is -0.484 e. The topological polar surface area (TPSA) is 37.7 Å². The lowest BCUT2D eigenvalue weighted by Gasteiger charge is -2.24. The van der Waals surface area contributed by atoms with Gasteiger partial charge in [-0.25, -0.2) is 4.98 Å². The highest BCUT2D eigenvalue weighted by atomic mass is 16.5. The van der Waals surface area contributed by atoms with Crippen LogP contribution >= 0.6 is 0 Å². The normalized spacial score (nSPS) is 23.2. The fourth-order valence-electron chi connectivity index (χ4n) is 9.50. The number of nitrogens with zero attached hydrogens (tertiary/aromatic N) is 3. The molecule has 9 rings (SSSR count). The molecular weight excluding hydrogens is 731 g/mol. The highest BCUT2D eigenvalue weighted by Crippen LogP contribution is 2.49. The first-order chi connectivity index (χ1) is 29.4. The van der Waals surface area contributed by atoms with Gasteiger partial charge < -0.3 is 9.64 Å². The molecule has 60 heavy (non-hydrogen) atoms. The van der Waals surface area contributed by atoms with Gasteiger partial charge in [-0.1, -0.05) is 154 Å². The maximum atomic E-state index is 6.74. The molecule has 0 bridgehead atoms. The fraction of sp³-hybridized carbons (Fsp3) is 0.214. The minimum absolute atomic E-state index is 0.0251. The predicted molar refractivity (Wildman–Crippen MR) is 253 cm³/mol. The van der Waals surface area contributed by atoms with Gasteiger partial charge in [0.15, 0.2) is 0 Å². The second-order valence-corrected chi connectivity index (χ2v) is 16.6. The van der Waals surface area contributed by atoms with Crippen molar-refractivity contribution in [3.05, 3.63) is 216 Å². The third-order valence-electron chi connectivity index (χ3n) is 12.7. The summed E-state index contributed by atoms with van der Waals surface area (Å²) in [6.07, 6.45) is 42.5. The van der Waals surface area contributed by atoms with Crippen molar-refractivity contribution in [3.63, 3.8) is 0 Å². The zero-order chi connectivity index (χ0) is 41.2. The van der Waals surface area contributed by atoms with Gasteiger partial charge in [-0.2, -0.15) is 0 Å². The second-order valence-electron chi connectivity index (χ2n) is 16.6. The zero-order valence-corrected chi connectivity index (χ0v) is 34.9. The van der Waals surface area contributed by atoms with Crippen molar-refractivity contribution in [3.8, 4) is 16.9 Å². The molecule has 3 heterocycles. The van der Waals surface area contributed by atoms with E-state index < -0.39 is 0 Å². The number of aromatic nitrogens is 1. The molecule has 4 aliphatic carbocycles. The van der Waals surface area contributed by atoms with Gasteiger partial charge in [-0.05, 0) is 97.1 Å². The fourth-order valence-corrected chi connectivity index (χ4v) is 9.50. The number of fused-ring (bicyclic) bond motifs is 6. The molecule has 0 spiro atoms. The Bertz CT molecular complexity index is 2660. The largest absolute Gasteiger partial charge is 0.484 e. The minimum atomic E-state index is 0.0251. The molecule has 4 unspecified atom stereocenters. The van der Waals surface area contributed by atoms with Crippen LogP contribution in [0.2, 0.25) is 0 Å². The van der Waals surface area contributed by atoms with Crippen molar-refractivity contribution in [1.29, 1.82) is 0 Å². The van der Waals surface area contributed by atoms with Crippen molar-refractivity contribution in [2.45, 2.75) is 58.5 Å². The zero-order valence-electron chi connectivity index (χ0n) is 34.9. The number of allylic oxidation sites excluding steroid dienone is 20. The summed E-state index contributed by atoms with van der Waals surface area (Å²) in [7, 11) is 0. The molecule has 298 valence electrons. The van der Waals surface area contributed by atoms with Crippen molar-refractivity contribution in [1.82, 2.24) is 9.88 Å². The van der Waals surface area contributed by atoms with Gasteiger partial charge in [-0.15, -0.1) is 0 Å². The quantitative estimate of drug-likeness (QED) is 0.144. The van der Waals surface area contributed by atoms with E-state index in [1.807, 2.05) is 18.4 Å². The van der Waals surface area contributed by atoms with Gasteiger partial charge in [0.1, 0.15) is 11.9 Å². The van der Waals surface area contributed by atoms with Crippen LogP contribution in [0.25, 0.3) is 33.2 Å². The highest BCUT2D eigenvalue weighted by Gasteiger charge is 2.36. The molecule has 2 aromatic carbocycles. The van der Waals surface area contributed by atoms with E-state index in [-0.39, 0.29) is 12.0 Å². The molecule has 0 radical (unpaired) electrons. The average molecular weight is 784 g/mol. The number of pyridine rings is 1. The highest BCUT2D eigenvalue weighted by molar-refractivity contribution is 5.99. The summed E-state index contributed by atoms with van der Waals surface area (Å²) >= 11 is 0. The molecule has 0 N–H and O–H groups in total. The Morgan fingerprint density at radius 1 is 0.933 bits per heavy atom. The van der Waals surface area contributed by atoms with E-state index in [1.54, 1.807) is 0 Å². The molecule has 0 saturated heterocycles. The maximum Gasteiger partial charge on any atom is 0.139 e. The molecule has 4 heteroatoms. The van der Waals surface area contributed by atoms with Crippen LogP contribution in [0.5, 0.6) is 5.75 Å². The lowest BCUT2D eigenvalue weighted by molar-refractivity contribution is 0.282. The number of hydrogen-bond donors (Lipinski definition) is 0. The Balaban J connectivity index is 0.974. The standard InChI is InChI=1S/C56H53N3O/c1-6-46-40(5)59(52-24-15-9-14-22-47(46)52)39(4)27-26-37(2)36-57-50(43-20-12-8-13-21-43)33-31-41-28-29-45(34-38(41)3)55-54-49-23-16-17-25-53(49)60-56(54)48-32-30-44(35-51(48)58-55)42-18-10-7-11-19-42/h6-13,15-20,23-24,26-30,32-33,35-36,38,43,47,53H,1-2,4,14,21-22,25,31,34H2,3,5H3/b27-26-,50-33-,57-36?. The molecule has 0 fully saturated rings. The summed E-state index contributed by atoms with van der Waals surface area (Å²) in [4.78, 5) is 12.8. The average Bonchev–Trinajstić information content (AvgIpc) is 3.69. The van der Waals surface area contributed by atoms with Crippen LogP contribution in [-0.2, 0) is 0 Å². The Hall–Kier alpha value is -6.52. The first kappa shape index (κ1) is 39.0. The van der Waals surface area contributed by atoms with Crippen molar-refractivity contribution >= 4 is 28.3 Å². The van der Waals surface area contributed by atoms with E-state index >= 15 is 0 Å². The van der Waals surface area contributed by atoms with Crippen LogP contribution in [0.1, 0.15) is 63.6 Å². The molecule has 0 amide bonds. The summed E-state index contributed by atoms with van der Waals surface area (Å²) in [6, 6.07) is 17.1. The molecular formula is C56H53N3O. The third kappa shape index (κ3) is 7.59. The van der Waals surface area contributed by atoms with E-state index in [2.05, 4.69) is 172 Å². The molecule has 1 aromatic heterocycles. The summed E-state index contributed by atoms with van der Waals surface area (Å²) < 4.78 is 6.74. The van der Waals surface area contributed by atoms with Crippen LogP contribution in [0, 0.1) is 17.8 Å². The van der Waals surface area contributed by atoms with Gasteiger partial charge in [-0.3, -0.25) is 4.99 Å². The first-order valence-corrected chi connectivity index (χ1v) is 21.5. The molecule has 2 aliphatic heterocycles. The van der Waals surface area contributed by atoms with Gasteiger partial charge in [0.2, 0.25) is 0 Å². The molecule has 3 aromatic rings. The van der Waals surface area contributed by atoms with Crippen LogP contribution < -0.4 is 4.74 Å². The SMILES string of the molecule is C=CC1=C(C)N(C(=C)/C=C\C(=C)C=N/C(=C\CC2=CC=C(c3nc4cc(-c5ccccc5)ccc4c4c3C3=CC=CCC3O4)CC2C)C2C=CC=CC2)C2=CC=CCCC21. The lowest BCUT2D eigenvalue weighted by Crippen LogP contribution is -2.16. The maximum absolute atomic E-state index is 6.74. The molecule has 6 aliphatic rings. The third-order valence-corrected chi connectivity index (χ3v) is 12.7. The summed E-state index contributed by atoms with van der Waals surface area (Å²) in [5.41, 5.74) is 15.9. The number of aliphatic imine (C=N–C) groups is 1. The predicted octanol–water partition coefficient (Wildman–Crippen LogP) is 14.1. The van der Waals surface area contributed by atoms with Gasteiger partial charge in [0.05, 0.1) is 16.8 Å². The first-order valence-electron chi connectivity index (χ1n) is 21.5. The van der Waals surface area contributed by atoms with Crippen molar-refractivity contribution in [2.75, 3.05) is 0 Å². The summed E-state index contributed by atoms with van der Waals surface area (Å²) in [5.74, 6) is 1.86. The van der Waals surface area contributed by atoms with Crippen LogP contribution in [0.3, 0.4) is 0 Å². The Kier molecular flexibility index (Phi) is 11.0. The number of benzene rings is 2. The lowest BCUT2D eigenvalue weighted by atomic mass is 9.82. The Morgan fingerprint density at radius 2 is 1.78 bits per heavy atom. The summed E-state index contributed by atoms with van der Waals surface area (Å²) in [5, 5.41) is 1.07. The smallest absolute Gasteiger partial charge is 0.139 e. The number of rotatable bonds is 11. The van der Waals surface area contributed by atoms with Crippen LogP contribution in [0.4, 0.5) is 0 Å². The van der Waals surface area contributed by atoms with E-state index in [9.17, 15) is 0 Å². The van der Waals surface area contributed by atoms with Crippen molar-refractivity contribution < 1.29 is 4.74 Å². The molecule has 0 saturated carbocycles. The molecule has 4 nitrogen and oxygen atoms in total. The van der Waals surface area contributed by atoms with E-state index in [0.717, 1.165) is 89.0 Å². The Labute approximate surface area is 355 Å². The van der Waals surface area contributed by atoms with Crippen molar-refractivity contribution in [2.24, 2.45) is 22.7 Å². The van der Waals surface area contributed by atoms with E-state index in [0.29, 0.717) is 11.8 Å². The number of ether oxygens (including phenoxy) is 1. The van der Waals surface area contributed by atoms with E-state index in [4.69, 9.17) is 14.7 Å². The van der Waals surface area contributed by atoms with Crippen LogP contribution in [-0.4, -0.2) is 22.2 Å². The second kappa shape index (κ2) is 17.0. The summed E-state index contributed by atoms with van der Waals surface area (Å²) in [6.45, 7) is 17.4. The van der Waals surface area contributed by atoms with E-state index in [1.165, 1.54) is 39.2 Å². The number of hydrogen-bond acceptors (Lipinski definition) is 4.